The highest BCUT2D eigenvalue weighted by atomic mass is 16.5. The third-order valence-corrected chi connectivity index (χ3v) is 10.1. The normalized spacial score (nSPS) is 12.8. The number of anilines is 3. The van der Waals surface area contributed by atoms with Crippen molar-refractivity contribution >= 4 is 38.9 Å². The minimum absolute atomic E-state index is 0.0347. The molecule has 0 radical (unpaired) electrons. The number of nitrogens with zero attached hydrogens (tertiary/aromatic N) is 5. The van der Waals surface area contributed by atoms with E-state index in [-0.39, 0.29) is 5.41 Å². The summed E-state index contributed by atoms with van der Waals surface area (Å²) in [5.41, 5.74) is 11.1. The molecule has 5 aromatic carbocycles. The molecule has 1 aliphatic rings. The molecular formula is C46H39N5O. The van der Waals surface area contributed by atoms with Gasteiger partial charge in [0.25, 0.3) is 0 Å². The molecule has 1 aliphatic heterocycles. The summed E-state index contributed by atoms with van der Waals surface area (Å²) < 4.78 is 9.13. The molecule has 0 saturated carbocycles. The standard InChI is InChI=1S/C46H39N5O/c1-46(2,3)34-21-23-47-44(26-34)51-39-20-19-33(31-13-7-5-8-14-31)25-37(39)38-28-36(32-15-9-6-10-16-32)43(29-42(38)51)52-45-27-35(22-24-48-45)50-30-49(4)40-17-11-12-18-41(40)50/h5-29H,30H2,1-4H3. The molecule has 0 atom stereocenters. The lowest BCUT2D eigenvalue weighted by Crippen LogP contribution is -2.23. The van der Waals surface area contributed by atoms with Gasteiger partial charge in [0.05, 0.1) is 29.1 Å². The number of benzene rings is 5. The summed E-state index contributed by atoms with van der Waals surface area (Å²) in [7, 11) is 2.12. The van der Waals surface area contributed by atoms with Crippen molar-refractivity contribution in [1.82, 2.24) is 14.5 Å². The number of rotatable bonds is 6. The van der Waals surface area contributed by atoms with Gasteiger partial charge < -0.3 is 14.5 Å². The van der Waals surface area contributed by atoms with Crippen LogP contribution in [0.2, 0.25) is 0 Å². The Hall–Kier alpha value is -6.40. The van der Waals surface area contributed by atoms with Gasteiger partial charge in [0.1, 0.15) is 11.6 Å². The molecule has 9 rings (SSSR count). The lowest BCUT2D eigenvalue weighted by atomic mass is 9.88. The molecule has 6 nitrogen and oxygen atoms in total. The third kappa shape index (κ3) is 5.53. The second kappa shape index (κ2) is 12.4. The molecule has 0 fully saturated rings. The largest absolute Gasteiger partial charge is 0.438 e. The fraction of sp³-hybridized carbons (Fsp3) is 0.130. The highest BCUT2D eigenvalue weighted by Crippen LogP contribution is 2.44. The topological polar surface area (TPSA) is 46.4 Å². The molecule has 8 aromatic rings. The van der Waals surface area contributed by atoms with E-state index >= 15 is 0 Å². The Kier molecular flexibility index (Phi) is 7.54. The van der Waals surface area contributed by atoms with Crippen LogP contribution in [0.1, 0.15) is 26.3 Å². The van der Waals surface area contributed by atoms with Gasteiger partial charge in [0.15, 0.2) is 0 Å². The number of ether oxygens (including phenoxy) is 1. The second-order valence-electron chi connectivity index (χ2n) is 14.5. The first kappa shape index (κ1) is 31.6. The van der Waals surface area contributed by atoms with Crippen LogP contribution < -0.4 is 14.5 Å². The highest BCUT2D eigenvalue weighted by molar-refractivity contribution is 6.12. The quantitative estimate of drug-likeness (QED) is 0.175. The summed E-state index contributed by atoms with van der Waals surface area (Å²) >= 11 is 0. The van der Waals surface area contributed by atoms with Gasteiger partial charge in [0.2, 0.25) is 5.88 Å². The monoisotopic (exact) mass is 677 g/mol. The molecule has 0 unspecified atom stereocenters. The van der Waals surface area contributed by atoms with Crippen molar-refractivity contribution in [2.45, 2.75) is 26.2 Å². The van der Waals surface area contributed by atoms with Crippen molar-refractivity contribution < 1.29 is 4.74 Å². The average Bonchev–Trinajstić information content (AvgIpc) is 3.68. The third-order valence-electron chi connectivity index (χ3n) is 10.1. The first-order chi connectivity index (χ1) is 25.3. The summed E-state index contributed by atoms with van der Waals surface area (Å²) in [6.07, 6.45) is 3.75. The molecule has 52 heavy (non-hydrogen) atoms. The maximum Gasteiger partial charge on any atom is 0.221 e. The second-order valence-corrected chi connectivity index (χ2v) is 14.5. The number of pyridine rings is 2. The Morgan fingerprint density at radius 1 is 0.596 bits per heavy atom. The van der Waals surface area contributed by atoms with Crippen molar-refractivity contribution in [2.75, 3.05) is 23.5 Å². The zero-order valence-electron chi connectivity index (χ0n) is 29.8. The summed E-state index contributed by atoms with van der Waals surface area (Å²) in [5.74, 6) is 2.12. The van der Waals surface area contributed by atoms with E-state index in [4.69, 9.17) is 14.7 Å². The number of hydrogen-bond acceptors (Lipinski definition) is 5. The van der Waals surface area contributed by atoms with Crippen molar-refractivity contribution in [3.8, 4) is 39.7 Å². The molecule has 254 valence electrons. The first-order valence-electron chi connectivity index (χ1n) is 17.7. The van der Waals surface area contributed by atoms with Crippen LogP contribution in [0.4, 0.5) is 17.1 Å². The molecule has 6 heteroatoms. The zero-order valence-corrected chi connectivity index (χ0v) is 29.8. The van der Waals surface area contributed by atoms with Gasteiger partial charge in [-0.05, 0) is 76.2 Å². The van der Waals surface area contributed by atoms with Gasteiger partial charge in [-0.15, -0.1) is 0 Å². The Morgan fingerprint density at radius 3 is 2.06 bits per heavy atom. The van der Waals surface area contributed by atoms with Crippen LogP contribution >= 0.6 is 0 Å². The van der Waals surface area contributed by atoms with Gasteiger partial charge in [-0.25, -0.2) is 9.97 Å². The van der Waals surface area contributed by atoms with Gasteiger partial charge >= 0.3 is 0 Å². The van der Waals surface area contributed by atoms with Crippen LogP contribution in [0, 0.1) is 0 Å². The predicted molar refractivity (Wildman–Crippen MR) is 214 cm³/mol. The van der Waals surface area contributed by atoms with E-state index in [0.717, 1.165) is 62.5 Å². The SMILES string of the molecule is CN1CN(c2ccnc(Oc3cc4c(cc3-c3ccccc3)c3cc(-c5ccccc5)ccc3n4-c3cc(C(C)(C)C)ccn3)c2)c2ccccc21. The maximum absolute atomic E-state index is 6.86. The lowest BCUT2D eigenvalue weighted by Gasteiger charge is -2.20. The fourth-order valence-corrected chi connectivity index (χ4v) is 7.37. The highest BCUT2D eigenvalue weighted by Gasteiger charge is 2.25. The van der Waals surface area contributed by atoms with E-state index < -0.39 is 0 Å². The molecule has 0 N–H and O–H groups in total. The van der Waals surface area contributed by atoms with Crippen LogP contribution in [0.15, 0.2) is 152 Å². The van der Waals surface area contributed by atoms with Crippen molar-refractivity contribution in [3.05, 3.63) is 157 Å². The summed E-state index contributed by atoms with van der Waals surface area (Å²) in [6, 6.07) is 49.1. The van der Waals surface area contributed by atoms with Gasteiger partial charge in [-0.1, -0.05) is 99.6 Å². The van der Waals surface area contributed by atoms with Crippen LogP contribution in [0.5, 0.6) is 11.6 Å². The van der Waals surface area contributed by atoms with E-state index in [1.54, 1.807) is 0 Å². The van der Waals surface area contributed by atoms with E-state index in [0.29, 0.717) is 5.88 Å². The van der Waals surface area contributed by atoms with E-state index in [2.05, 4.69) is 164 Å². The van der Waals surface area contributed by atoms with Crippen LogP contribution in [0.25, 0.3) is 49.9 Å². The molecule has 0 amide bonds. The predicted octanol–water partition coefficient (Wildman–Crippen LogP) is 11.5. The summed E-state index contributed by atoms with van der Waals surface area (Å²) in [6.45, 7) is 7.46. The number of para-hydroxylation sites is 2. The number of aromatic nitrogens is 3. The van der Waals surface area contributed by atoms with Crippen molar-refractivity contribution in [1.29, 1.82) is 0 Å². The number of hydrogen-bond donors (Lipinski definition) is 0. The van der Waals surface area contributed by atoms with E-state index in [9.17, 15) is 0 Å². The average molecular weight is 678 g/mol. The Balaban J connectivity index is 1.25. The number of fused-ring (bicyclic) bond motifs is 4. The van der Waals surface area contributed by atoms with Gasteiger partial charge in [-0.3, -0.25) is 4.57 Å². The molecule has 0 aliphatic carbocycles. The van der Waals surface area contributed by atoms with Crippen molar-refractivity contribution in [2.24, 2.45) is 0 Å². The Bertz CT molecular complexity index is 2590. The minimum atomic E-state index is -0.0347. The lowest BCUT2D eigenvalue weighted by molar-refractivity contribution is 0.465. The Labute approximate surface area is 304 Å². The molecule has 0 spiro atoms. The maximum atomic E-state index is 6.86. The van der Waals surface area contributed by atoms with E-state index in [1.165, 1.54) is 22.4 Å². The van der Waals surface area contributed by atoms with Gasteiger partial charge in [0, 0.05) is 53.6 Å². The summed E-state index contributed by atoms with van der Waals surface area (Å²) in [5, 5.41) is 2.28. The van der Waals surface area contributed by atoms with Gasteiger partial charge in [-0.2, -0.15) is 0 Å². The van der Waals surface area contributed by atoms with Crippen molar-refractivity contribution in [3.63, 3.8) is 0 Å². The zero-order chi connectivity index (χ0) is 35.4. The molecular weight excluding hydrogens is 639 g/mol. The minimum Gasteiger partial charge on any atom is -0.438 e. The summed E-state index contributed by atoms with van der Waals surface area (Å²) in [4.78, 5) is 14.2. The smallest absolute Gasteiger partial charge is 0.221 e. The molecule has 0 saturated heterocycles. The van der Waals surface area contributed by atoms with Crippen LogP contribution in [-0.4, -0.2) is 28.3 Å². The van der Waals surface area contributed by atoms with E-state index in [1.807, 2.05) is 30.6 Å². The van der Waals surface area contributed by atoms with Crippen LogP contribution in [0.3, 0.4) is 0 Å². The molecule has 3 aromatic heterocycles. The molecule has 0 bridgehead atoms. The molecule has 4 heterocycles. The fourth-order valence-electron chi connectivity index (χ4n) is 7.37. The first-order valence-corrected chi connectivity index (χ1v) is 17.7. The Morgan fingerprint density at radius 2 is 1.29 bits per heavy atom. The van der Waals surface area contributed by atoms with Crippen LogP contribution in [-0.2, 0) is 5.41 Å².